The Morgan fingerprint density at radius 1 is 1.40 bits per heavy atom. The van der Waals surface area contributed by atoms with Gasteiger partial charge < -0.3 is 4.74 Å². The van der Waals surface area contributed by atoms with Gasteiger partial charge in [-0.15, -0.1) is 0 Å². The van der Waals surface area contributed by atoms with Crippen LogP contribution in [-0.2, 0) is 0 Å². The number of halogens is 1. The van der Waals surface area contributed by atoms with Gasteiger partial charge in [-0.2, -0.15) is 0 Å². The average Bonchev–Trinajstić information content (AvgIpc) is 1.94. The van der Waals surface area contributed by atoms with Gasteiger partial charge in [-0.1, -0.05) is 23.7 Å². The van der Waals surface area contributed by atoms with Crippen molar-refractivity contribution >= 4 is 11.6 Å². The lowest BCUT2D eigenvalue weighted by molar-refractivity contribution is 0.417. The second-order valence-corrected chi connectivity index (χ2v) is 2.19. The summed E-state index contributed by atoms with van der Waals surface area (Å²) in [4.78, 5) is 0. The summed E-state index contributed by atoms with van der Waals surface area (Å²) in [6, 6.07) is 7.36. The molecule has 2 heteroatoms. The van der Waals surface area contributed by atoms with E-state index < -0.39 is 0 Å². The Morgan fingerprint density at radius 3 is 2.70 bits per heavy atom. The first-order chi connectivity index (χ1) is 4.84. The van der Waals surface area contributed by atoms with Crippen molar-refractivity contribution in [2.45, 2.75) is 6.92 Å². The molecule has 1 rings (SSSR count). The fourth-order valence-corrected chi connectivity index (χ4v) is 0.848. The maximum atomic E-state index is 5.76. The van der Waals surface area contributed by atoms with Crippen LogP contribution in [-0.4, -0.2) is 0 Å². The van der Waals surface area contributed by atoms with E-state index >= 15 is 0 Å². The molecule has 1 aromatic rings. The molecule has 0 bridgehead atoms. The monoisotopic (exact) mass is 155 g/mol. The zero-order chi connectivity index (χ0) is 7.40. The molecular formula is C8H8ClO. The third-order valence-corrected chi connectivity index (χ3v) is 1.39. The van der Waals surface area contributed by atoms with E-state index in [9.17, 15) is 0 Å². The molecule has 0 amide bonds. The minimum Gasteiger partial charge on any atom is -0.485 e. The van der Waals surface area contributed by atoms with Crippen LogP contribution in [0.25, 0.3) is 0 Å². The SMILES string of the molecule is C[CH]Oc1ccccc1Cl. The predicted molar refractivity (Wildman–Crippen MR) is 42.1 cm³/mol. The van der Waals surface area contributed by atoms with E-state index in [1.807, 2.05) is 25.1 Å². The van der Waals surface area contributed by atoms with E-state index in [0.29, 0.717) is 10.8 Å². The molecule has 0 aliphatic carbocycles. The molecule has 0 spiro atoms. The van der Waals surface area contributed by atoms with Crippen LogP contribution in [0.3, 0.4) is 0 Å². The Morgan fingerprint density at radius 2 is 2.10 bits per heavy atom. The lowest BCUT2D eigenvalue weighted by Crippen LogP contribution is -1.84. The van der Waals surface area contributed by atoms with E-state index in [2.05, 4.69) is 0 Å². The zero-order valence-corrected chi connectivity index (χ0v) is 6.43. The second kappa shape index (κ2) is 3.47. The molecule has 0 aliphatic rings. The maximum Gasteiger partial charge on any atom is 0.138 e. The number of ether oxygens (including phenoxy) is 1. The molecule has 0 N–H and O–H groups in total. The molecule has 0 unspecified atom stereocenters. The Bertz CT molecular complexity index is 210. The molecule has 0 aliphatic heterocycles. The molecule has 53 valence electrons. The fraction of sp³-hybridized carbons (Fsp3) is 0.125. The summed E-state index contributed by atoms with van der Waals surface area (Å²) >= 11 is 5.76. The second-order valence-electron chi connectivity index (χ2n) is 1.78. The summed E-state index contributed by atoms with van der Waals surface area (Å²) in [6.45, 7) is 3.41. The largest absolute Gasteiger partial charge is 0.485 e. The third kappa shape index (κ3) is 1.64. The standard InChI is InChI=1S/C8H8ClO/c1-2-10-8-6-4-3-5-7(8)9/h2-6H,1H3. The lowest BCUT2D eigenvalue weighted by atomic mass is 10.3. The summed E-state index contributed by atoms with van der Waals surface area (Å²) in [7, 11) is 0. The van der Waals surface area contributed by atoms with Crippen LogP contribution < -0.4 is 4.74 Å². The minimum absolute atomic E-state index is 0.639. The van der Waals surface area contributed by atoms with Crippen LogP contribution in [0.4, 0.5) is 0 Å². The molecule has 0 fully saturated rings. The summed E-state index contributed by atoms with van der Waals surface area (Å²) in [5.74, 6) is 0.701. The van der Waals surface area contributed by atoms with E-state index in [1.54, 1.807) is 12.7 Å². The van der Waals surface area contributed by atoms with Crippen molar-refractivity contribution in [1.82, 2.24) is 0 Å². The molecule has 1 aromatic carbocycles. The molecule has 0 aromatic heterocycles. The lowest BCUT2D eigenvalue weighted by Gasteiger charge is -2.02. The normalized spacial score (nSPS) is 9.40. The van der Waals surface area contributed by atoms with Gasteiger partial charge in [0.25, 0.3) is 0 Å². The van der Waals surface area contributed by atoms with Gasteiger partial charge >= 0.3 is 0 Å². The Kier molecular flexibility index (Phi) is 2.57. The number of hydrogen-bond donors (Lipinski definition) is 0. The Balaban J connectivity index is 2.81. The highest BCUT2D eigenvalue weighted by Crippen LogP contribution is 2.23. The molecule has 0 heterocycles. The van der Waals surface area contributed by atoms with E-state index in [-0.39, 0.29) is 0 Å². The highest BCUT2D eigenvalue weighted by Gasteiger charge is 1.95. The number of rotatable bonds is 2. The van der Waals surface area contributed by atoms with Crippen LogP contribution in [0, 0.1) is 6.61 Å². The van der Waals surface area contributed by atoms with Gasteiger partial charge in [0, 0.05) is 0 Å². The van der Waals surface area contributed by atoms with Gasteiger partial charge in [0.05, 0.1) is 5.02 Å². The first kappa shape index (κ1) is 7.42. The van der Waals surface area contributed by atoms with Crippen molar-refractivity contribution in [3.63, 3.8) is 0 Å². The first-order valence-electron chi connectivity index (χ1n) is 3.03. The van der Waals surface area contributed by atoms with Crippen LogP contribution in [0.15, 0.2) is 24.3 Å². The Hall–Kier alpha value is -0.690. The first-order valence-corrected chi connectivity index (χ1v) is 3.41. The smallest absolute Gasteiger partial charge is 0.138 e. The number of benzene rings is 1. The van der Waals surface area contributed by atoms with Crippen molar-refractivity contribution in [1.29, 1.82) is 0 Å². The molecule has 0 saturated heterocycles. The molecular weight excluding hydrogens is 148 g/mol. The highest BCUT2D eigenvalue weighted by molar-refractivity contribution is 6.32. The molecule has 10 heavy (non-hydrogen) atoms. The molecule has 0 atom stereocenters. The van der Waals surface area contributed by atoms with Crippen molar-refractivity contribution in [3.05, 3.63) is 35.9 Å². The third-order valence-electron chi connectivity index (χ3n) is 1.08. The quantitative estimate of drug-likeness (QED) is 0.638. The molecule has 1 nitrogen and oxygen atoms in total. The van der Waals surface area contributed by atoms with Crippen LogP contribution >= 0.6 is 11.6 Å². The maximum absolute atomic E-state index is 5.76. The van der Waals surface area contributed by atoms with E-state index in [4.69, 9.17) is 16.3 Å². The van der Waals surface area contributed by atoms with Crippen molar-refractivity contribution in [2.24, 2.45) is 0 Å². The van der Waals surface area contributed by atoms with Gasteiger partial charge in [0.15, 0.2) is 0 Å². The predicted octanol–water partition coefficient (Wildman–Crippen LogP) is 2.90. The Labute approximate surface area is 65.6 Å². The van der Waals surface area contributed by atoms with E-state index in [1.165, 1.54) is 0 Å². The summed E-state index contributed by atoms with van der Waals surface area (Å²) in [5, 5.41) is 0.639. The van der Waals surface area contributed by atoms with Gasteiger partial charge in [-0.25, -0.2) is 0 Å². The summed E-state index contributed by atoms with van der Waals surface area (Å²) in [5.41, 5.74) is 0. The average molecular weight is 156 g/mol. The fourth-order valence-electron chi connectivity index (χ4n) is 0.667. The highest BCUT2D eigenvalue weighted by atomic mass is 35.5. The molecule has 0 saturated carbocycles. The van der Waals surface area contributed by atoms with Gasteiger partial charge in [-0.05, 0) is 19.1 Å². The topological polar surface area (TPSA) is 9.23 Å². The van der Waals surface area contributed by atoms with Crippen molar-refractivity contribution < 1.29 is 4.74 Å². The summed E-state index contributed by atoms with van der Waals surface area (Å²) < 4.78 is 5.08. The van der Waals surface area contributed by atoms with Gasteiger partial charge in [0.2, 0.25) is 0 Å². The van der Waals surface area contributed by atoms with E-state index in [0.717, 1.165) is 0 Å². The van der Waals surface area contributed by atoms with Crippen LogP contribution in [0.5, 0.6) is 5.75 Å². The van der Waals surface area contributed by atoms with Crippen molar-refractivity contribution in [2.75, 3.05) is 0 Å². The van der Waals surface area contributed by atoms with Gasteiger partial charge in [-0.3, -0.25) is 0 Å². The van der Waals surface area contributed by atoms with Crippen LogP contribution in [0.1, 0.15) is 6.92 Å². The van der Waals surface area contributed by atoms with Gasteiger partial charge in [0.1, 0.15) is 12.4 Å². The number of hydrogen-bond acceptors (Lipinski definition) is 1. The van der Waals surface area contributed by atoms with Crippen molar-refractivity contribution in [3.8, 4) is 5.75 Å². The zero-order valence-electron chi connectivity index (χ0n) is 5.67. The number of para-hydroxylation sites is 1. The minimum atomic E-state index is 0.639. The van der Waals surface area contributed by atoms with Crippen LogP contribution in [0.2, 0.25) is 5.02 Å². The molecule has 1 radical (unpaired) electrons. The summed E-state index contributed by atoms with van der Waals surface area (Å²) in [6.07, 6.45) is 0.